The summed E-state index contributed by atoms with van der Waals surface area (Å²) in [5.41, 5.74) is 8.19. The monoisotopic (exact) mass is 360 g/mol. The molecule has 1 aromatic carbocycles. The van der Waals surface area contributed by atoms with Crippen molar-refractivity contribution in [1.29, 1.82) is 0 Å². The average molecular weight is 361 g/mol. The molecule has 6 nitrogen and oxygen atoms in total. The molecule has 1 aromatic heterocycles. The fourth-order valence-corrected chi connectivity index (χ4v) is 3.10. The van der Waals surface area contributed by atoms with E-state index >= 15 is 0 Å². The maximum atomic E-state index is 12.6. The molecule has 7 heteroatoms. The van der Waals surface area contributed by atoms with Crippen LogP contribution < -0.4 is 20.9 Å². The van der Waals surface area contributed by atoms with Crippen molar-refractivity contribution in [1.82, 2.24) is 21.2 Å². The van der Waals surface area contributed by atoms with E-state index in [1.54, 1.807) is 12.4 Å². The third-order valence-electron chi connectivity index (χ3n) is 4.15. The molecule has 132 valence electrons. The number of amides is 1. The number of hydrazine groups is 1. The summed E-state index contributed by atoms with van der Waals surface area (Å²) >= 11 is 6.28. The van der Waals surface area contributed by atoms with E-state index in [9.17, 15) is 4.79 Å². The van der Waals surface area contributed by atoms with Crippen LogP contribution in [0.25, 0.3) is 0 Å². The molecule has 3 N–H and O–H groups in total. The van der Waals surface area contributed by atoms with E-state index in [1.165, 1.54) is 0 Å². The van der Waals surface area contributed by atoms with Gasteiger partial charge in [-0.2, -0.15) is 0 Å². The molecule has 0 bridgehead atoms. The van der Waals surface area contributed by atoms with Crippen LogP contribution in [0, 0.1) is 5.92 Å². The molecule has 0 aliphatic carbocycles. The van der Waals surface area contributed by atoms with Crippen molar-refractivity contribution in [3.63, 3.8) is 0 Å². The molecule has 0 radical (unpaired) electrons. The van der Waals surface area contributed by atoms with Crippen molar-refractivity contribution in [2.45, 2.75) is 19.5 Å². The van der Waals surface area contributed by atoms with Gasteiger partial charge in [-0.3, -0.25) is 15.2 Å². The Balaban J connectivity index is 1.67. The number of rotatable bonds is 6. The zero-order chi connectivity index (χ0) is 17.6. The van der Waals surface area contributed by atoms with E-state index < -0.39 is 0 Å². The van der Waals surface area contributed by atoms with Crippen molar-refractivity contribution in [2.24, 2.45) is 5.92 Å². The van der Waals surface area contributed by atoms with Crippen molar-refractivity contribution in [3.8, 4) is 5.75 Å². The van der Waals surface area contributed by atoms with Gasteiger partial charge < -0.3 is 10.1 Å². The molecule has 1 saturated heterocycles. The Labute approximate surface area is 151 Å². The predicted molar refractivity (Wildman–Crippen MR) is 96.1 cm³/mol. The van der Waals surface area contributed by atoms with Gasteiger partial charge in [0, 0.05) is 25.5 Å². The summed E-state index contributed by atoms with van der Waals surface area (Å²) in [6.07, 6.45) is 3.43. The topological polar surface area (TPSA) is 75.3 Å². The lowest BCUT2D eigenvalue weighted by Gasteiger charge is -2.19. The number of halogens is 1. The summed E-state index contributed by atoms with van der Waals surface area (Å²) in [6, 6.07) is 9.24. The standard InChI is InChI=1S/C18H21ClN4O2/c1-2-25-16-4-3-13(9-15(16)19)17-14(11-22-23-17)18(24)21-10-12-5-7-20-8-6-12/h3-9,14,17,22-23H,2,10-11H2,1H3,(H,21,24). The van der Waals surface area contributed by atoms with Crippen LogP contribution in [0.15, 0.2) is 42.7 Å². The highest BCUT2D eigenvalue weighted by molar-refractivity contribution is 6.32. The quantitative estimate of drug-likeness (QED) is 0.736. The number of aromatic nitrogens is 1. The van der Waals surface area contributed by atoms with Crippen LogP contribution in [-0.4, -0.2) is 24.0 Å². The summed E-state index contributed by atoms with van der Waals surface area (Å²) in [7, 11) is 0. The lowest BCUT2D eigenvalue weighted by molar-refractivity contribution is -0.125. The van der Waals surface area contributed by atoms with Gasteiger partial charge in [-0.15, -0.1) is 0 Å². The molecule has 2 unspecified atom stereocenters. The Kier molecular flexibility index (Phi) is 5.86. The van der Waals surface area contributed by atoms with E-state index in [1.807, 2.05) is 37.3 Å². The molecule has 25 heavy (non-hydrogen) atoms. The van der Waals surface area contributed by atoms with Crippen LogP contribution in [0.2, 0.25) is 5.02 Å². The van der Waals surface area contributed by atoms with E-state index in [0.29, 0.717) is 30.5 Å². The highest BCUT2D eigenvalue weighted by atomic mass is 35.5. The van der Waals surface area contributed by atoms with Gasteiger partial charge in [-0.25, -0.2) is 5.43 Å². The fraction of sp³-hybridized carbons (Fsp3) is 0.333. The molecule has 1 amide bonds. The number of hydrogen-bond acceptors (Lipinski definition) is 5. The van der Waals surface area contributed by atoms with Gasteiger partial charge >= 0.3 is 0 Å². The average Bonchev–Trinajstić information content (AvgIpc) is 3.12. The molecule has 0 spiro atoms. The zero-order valence-electron chi connectivity index (χ0n) is 14.0. The number of hydrogen-bond donors (Lipinski definition) is 3. The largest absolute Gasteiger partial charge is 0.492 e. The summed E-state index contributed by atoms with van der Waals surface area (Å²) in [5.74, 6) is 0.415. The summed E-state index contributed by atoms with van der Waals surface area (Å²) in [6.45, 7) is 3.50. The summed E-state index contributed by atoms with van der Waals surface area (Å²) < 4.78 is 5.46. The van der Waals surface area contributed by atoms with Gasteiger partial charge in [-0.1, -0.05) is 17.7 Å². The minimum absolute atomic E-state index is 0.00989. The molecule has 2 heterocycles. The van der Waals surface area contributed by atoms with Crippen molar-refractivity contribution < 1.29 is 9.53 Å². The first-order valence-electron chi connectivity index (χ1n) is 8.26. The SMILES string of the molecule is CCOc1ccc(C2NNCC2C(=O)NCc2ccncc2)cc1Cl. The maximum absolute atomic E-state index is 12.6. The van der Waals surface area contributed by atoms with Crippen LogP contribution in [-0.2, 0) is 11.3 Å². The van der Waals surface area contributed by atoms with Crippen LogP contribution in [0.1, 0.15) is 24.1 Å². The third-order valence-corrected chi connectivity index (χ3v) is 4.45. The molecule has 3 rings (SSSR count). The van der Waals surface area contributed by atoms with E-state index in [2.05, 4.69) is 21.2 Å². The van der Waals surface area contributed by atoms with Gasteiger partial charge in [0.25, 0.3) is 0 Å². The number of carbonyl (C=O) groups excluding carboxylic acids is 1. The molecule has 1 fully saturated rings. The van der Waals surface area contributed by atoms with Crippen LogP contribution >= 0.6 is 11.6 Å². The number of carbonyl (C=O) groups is 1. The number of pyridine rings is 1. The first-order valence-corrected chi connectivity index (χ1v) is 8.64. The van der Waals surface area contributed by atoms with Gasteiger partial charge in [0.1, 0.15) is 5.75 Å². The Morgan fingerprint density at radius 2 is 2.16 bits per heavy atom. The highest BCUT2D eigenvalue weighted by Crippen LogP contribution is 2.32. The van der Waals surface area contributed by atoms with Crippen LogP contribution in [0.3, 0.4) is 0 Å². The fourth-order valence-electron chi connectivity index (χ4n) is 2.86. The lowest BCUT2D eigenvalue weighted by atomic mass is 9.94. The minimum atomic E-state index is -0.226. The molecular weight excluding hydrogens is 340 g/mol. The number of nitrogens with zero attached hydrogens (tertiary/aromatic N) is 1. The summed E-state index contributed by atoms with van der Waals surface area (Å²) in [4.78, 5) is 16.6. The van der Waals surface area contributed by atoms with Crippen LogP contribution in [0.5, 0.6) is 5.75 Å². The second kappa shape index (κ2) is 8.29. The van der Waals surface area contributed by atoms with Crippen molar-refractivity contribution in [2.75, 3.05) is 13.2 Å². The van der Waals surface area contributed by atoms with Gasteiger partial charge in [0.15, 0.2) is 0 Å². The molecule has 2 aromatic rings. The molecule has 1 aliphatic heterocycles. The summed E-state index contributed by atoms with van der Waals surface area (Å²) in [5, 5.41) is 3.53. The normalized spacial score (nSPS) is 19.6. The van der Waals surface area contributed by atoms with Gasteiger partial charge in [-0.05, 0) is 42.3 Å². The number of ether oxygens (including phenoxy) is 1. The number of benzene rings is 1. The smallest absolute Gasteiger partial charge is 0.226 e. The Hall–Kier alpha value is -2.15. The predicted octanol–water partition coefficient (Wildman–Crippen LogP) is 2.22. The minimum Gasteiger partial charge on any atom is -0.492 e. The molecular formula is C18H21ClN4O2. The second-order valence-electron chi connectivity index (χ2n) is 5.81. The Morgan fingerprint density at radius 1 is 1.36 bits per heavy atom. The Morgan fingerprint density at radius 3 is 2.88 bits per heavy atom. The van der Waals surface area contributed by atoms with Crippen LogP contribution in [0.4, 0.5) is 0 Å². The highest BCUT2D eigenvalue weighted by Gasteiger charge is 2.34. The van der Waals surface area contributed by atoms with Crippen molar-refractivity contribution in [3.05, 3.63) is 58.9 Å². The molecule has 1 aliphatic rings. The maximum Gasteiger partial charge on any atom is 0.226 e. The number of nitrogens with one attached hydrogen (secondary N) is 3. The van der Waals surface area contributed by atoms with Crippen molar-refractivity contribution >= 4 is 17.5 Å². The second-order valence-corrected chi connectivity index (χ2v) is 6.21. The first-order chi connectivity index (χ1) is 12.2. The first kappa shape index (κ1) is 17.7. The Bertz CT molecular complexity index is 726. The van der Waals surface area contributed by atoms with Gasteiger partial charge in [0.2, 0.25) is 5.91 Å². The molecule has 2 atom stereocenters. The molecule has 0 saturated carbocycles. The third kappa shape index (κ3) is 4.28. The van der Waals surface area contributed by atoms with Gasteiger partial charge in [0.05, 0.1) is 23.6 Å². The van der Waals surface area contributed by atoms with E-state index in [4.69, 9.17) is 16.3 Å². The van der Waals surface area contributed by atoms with E-state index in [0.717, 1.165) is 11.1 Å². The van der Waals surface area contributed by atoms with E-state index in [-0.39, 0.29) is 17.9 Å². The zero-order valence-corrected chi connectivity index (χ0v) is 14.7. The lowest BCUT2D eigenvalue weighted by Crippen LogP contribution is -2.34.